The van der Waals surface area contributed by atoms with E-state index in [9.17, 15) is 14.4 Å². The minimum atomic E-state index is -0.948. The van der Waals surface area contributed by atoms with Crippen LogP contribution in [0.3, 0.4) is 0 Å². The molecule has 0 spiro atoms. The van der Waals surface area contributed by atoms with Crippen molar-refractivity contribution in [3.8, 4) is 0 Å². The van der Waals surface area contributed by atoms with E-state index in [4.69, 9.17) is 9.47 Å². The summed E-state index contributed by atoms with van der Waals surface area (Å²) < 4.78 is 10.3. The number of rotatable bonds is 8. The summed E-state index contributed by atoms with van der Waals surface area (Å²) in [6, 6.07) is 1.37. The number of ether oxygens (including phenoxy) is 2. The van der Waals surface area contributed by atoms with E-state index < -0.39 is 11.5 Å². The number of amides is 1. The van der Waals surface area contributed by atoms with E-state index in [-0.39, 0.29) is 47.7 Å². The number of amidine groups is 1. The number of hydrogen-bond acceptors (Lipinski definition) is 7. The number of nitrogens with one attached hydrogen (secondary N) is 1. The fraction of sp³-hybridized carbons (Fsp3) is 0.500. The summed E-state index contributed by atoms with van der Waals surface area (Å²) in [4.78, 5) is 44.4. The fourth-order valence-electron chi connectivity index (χ4n) is 2.35. The number of aldehydes is 1. The molecule has 0 aromatic carbocycles. The van der Waals surface area contributed by atoms with Crippen LogP contribution in [0, 0.1) is 5.92 Å². The molecule has 0 saturated carbocycles. The number of pyridine rings is 1. The first-order chi connectivity index (χ1) is 12.3. The SMILES string of the molecule is CCOCCOC(=O)c1cc(C=O)cnc1C1=NC(C)(C(C)C)C(=O)N1. The largest absolute Gasteiger partial charge is 0.460 e. The topological polar surface area (TPSA) is 107 Å². The fourth-order valence-corrected chi connectivity index (χ4v) is 2.35. The molecule has 8 heteroatoms. The molecule has 0 radical (unpaired) electrons. The lowest BCUT2D eigenvalue weighted by molar-refractivity contribution is -0.124. The molecule has 2 heterocycles. The van der Waals surface area contributed by atoms with Gasteiger partial charge in [0.15, 0.2) is 12.1 Å². The third-order valence-electron chi connectivity index (χ3n) is 4.31. The Bertz CT molecular complexity index is 744. The Morgan fingerprint density at radius 2 is 2.12 bits per heavy atom. The molecule has 0 fully saturated rings. The van der Waals surface area contributed by atoms with Gasteiger partial charge in [-0.25, -0.2) is 9.79 Å². The van der Waals surface area contributed by atoms with E-state index in [1.165, 1.54) is 12.3 Å². The Labute approximate surface area is 152 Å². The monoisotopic (exact) mass is 361 g/mol. The normalized spacial score (nSPS) is 19.3. The number of hydrogen-bond donors (Lipinski definition) is 1. The summed E-state index contributed by atoms with van der Waals surface area (Å²) in [7, 11) is 0. The van der Waals surface area contributed by atoms with Gasteiger partial charge in [-0.15, -0.1) is 0 Å². The number of aliphatic imine (C=N–C) groups is 1. The predicted molar refractivity (Wildman–Crippen MR) is 94.3 cm³/mol. The van der Waals surface area contributed by atoms with Gasteiger partial charge in [0.05, 0.1) is 12.2 Å². The van der Waals surface area contributed by atoms with E-state index in [1.807, 2.05) is 20.8 Å². The van der Waals surface area contributed by atoms with Gasteiger partial charge in [0.2, 0.25) is 0 Å². The first kappa shape index (κ1) is 19.7. The highest BCUT2D eigenvalue weighted by molar-refractivity contribution is 6.17. The molecule has 1 unspecified atom stereocenters. The Hall–Kier alpha value is -2.61. The number of nitrogens with zero attached hydrogens (tertiary/aromatic N) is 2. The second-order valence-corrected chi connectivity index (χ2v) is 6.33. The average molecular weight is 361 g/mol. The lowest BCUT2D eigenvalue weighted by Gasteiger charge is -2.21. The molecule has 1 amide bonds. The van der Waals surface area contributed by atoms with E-state index in [0.717, 1.165) is 0 Å². The molecular formula is C18H23N3O5. The van der Waals surface area contributed by atoms with Gasteiger partial charge >= 0.3 is 5.97 Å². The van der Waals surface area contributed by atoms with Crippen LogP contribution in [0.2, 0.25) is 0 Å². The average Bonchev–Trinajstić information content (AvgIpc) is 2.94. The number of esters is 1. The number of carbonyl (C=O) groups excluding carboxylic acids is 3. The lowest BCUT2D eigenvalue weighted by atomic mass is 9.89. The second kappa shape index (κ2) is 8.18. The molecule has 0 saturated heterocycles. The molecule has 1 atom stereocenters. The van der Waals surface area contributed by atoms with E-state index in [2.05, 4.69) is 15.3 Å². The molecular weight excluding hydrogens is 338 g/mol. The molecule has 1 aromatic heterocycles. The Morgan fingerprint density at radius 3 is 2.69 bits per heavy atom. The quantitative estimate of drug-likeness (QED) is 0.426. The highest BCUT2D eigenvalue weighted by atomic mass is 16.6. The third-order valence-corrected chi connectivity index (χ3v) is 4.31. The molecule has 8 nitrogen and oxygen atoms in total. The van der Waals surface area contributed by atoms with Gasteiger partial charge < -0.3 is 14.8 Å². The minimum Gasteiger partial charge on any atom is -0.460 e. The molecule has 2 rings (SSSR count). The highest BCUT2D eigenvalue weighted by Gasteiger charge is 2.43. The van der Waals surface area contributed by atoms with Gasteiger partial charge in [0, 0.05) is 18.4 Å². The third kappa shape index (κ3) is 3.96. The van der Waals surface area contributed by atoms with Crippen LogP contribution in [-0.2, 0) is 14.3 Å². The zero-order valence-electron chi connectivity index (χ0n) is 15.4. The van der Waals surface area contributed by atoms with Crippen LogP contribution in [0.15, 0.2) is 17.3 Å². The van der Waals surface area contributed by atoms with E-state index >= 15 is 0 Å². The molecule has 0 aliphatic carbocycles. The van der Waals surface area contributed by atoms with Crippen LogP contribution in [0.5, 0.6) is 0 Å². The summed E-state index contributed by atoms with van der Waals surface area (Å²) in [5.74, 6) is -0.776. The second-order valence-electron chi connectivity index (χ2n) is 6.33. The lowest BCUT2D eigenvalue weighted by Crippen LogP contribution is -2.41. The highest BCUT2D eigenvalue weighted by Crippen LogP contribution is 2.27. The maximum Gasteiger partial charge on any atom is 0.340 e. The molecule has 140 valence electrons. The van der Waals surface area contributed by atoms with Crippen molar-refractivity contribution in [2.75, 3.05) is 19.8 Å². The van der Waals surface area contributed by atoms with Crippen molar-refractivity contribution in [1.29, 1.82) is 0 Å². The van der Waals surface area contributed by atoms with Gasteiger partial charge in [0.25, 0.3) is 5.91 Å². The number of aromatic nitrogens is 1. The smallest absolute Gasteiger partial charge is 0.340 e. The molecule has 1 aromatic rings. The van der Waals surface area contributed by atoms with Crippen molar-refractivity contribution in [3.63, 3.8) is 0 Å². The standard InChI is InChI=1S/C18H23N3O5/c1-5-25-6-7-26-16(23)13-8-12(10-22)9-19-14(13)15-20-17(24)18(4,21-15)11(2)3/h8-11H,5-7H2,1-4H3,(H,20,21,24). The van der Waals surface area contributed by atoms with Crippen molar-refractivity contribution in [1.82, 2.24) is 10.3 Å². The Morgan fingerprint density at radius 1 is 1.38 bits per heavy atom. The van der Waals surface area contributed by atoms with Crippen LogP contribution in [0.4, 0.5) is 0 Å². The van der Waals surface area contributed by atoms with E-state index in [0.29, 0.717) is 12.9 Å². The zero-order chi connectivity index (χ0) is 19.3. The van der Waals surface area contributed by atoms with Crippen LogP contribution in [0.25, 0.3) is 0 Å². The Kier molecular flexibility index (Phi) is 6.20. The molecule has 0 bridgehead atoms. The first-order valence-corrected chi connectivity index (χ1v) is 8.45. The molecule has 1 aliphatic rings. The maximum atomic E-state index is 12.4. The van der Waals surface area contributed by atoms with Crippen molar-refractivity contribution in [2.45, 2.75) is 33.2 Å². The van der Waals surface area contributed by atoms with Crippen LogP contribution in [-0.4, -0.2) is 54.3 Å². The van der Waals surface area contributed by atoms with Crippen molar-refractivity contribution < 1.29 is 23.9 Å². The summed E-state index contributed by atoms with van der Waals surface area (Å²) >= 11 is 0. The maximum absolute atomic E-state index is 12.4. The molecule has 1 aliphatic heterocycles. The van der Waals surface area contributed by atoms with Crippen LogP contribution >= 0.6 is 0 Å². The van der Waals surface area contributed by atoms with Crippen LogP contribution < -0.4 is 5.32 Å². The van der Waals surface area contributed by atoms with Gasteiger partial charge in [-0.2, -0.15) is 0 Å². The zero-order valence-corrected chi connectivity index (χ0v) is 15.4. The van der Waals surface area contributed by atoms with Gasteiger partial charge in [0.1, 0.15) is 17.8 Å². The van der Waals surface area contributed by atoms with Crippen molar-refractivity contribution in [3.05, 3.63) is 29.1 Å². The summed E-state index contributed by atoms with van der Waals surface area (Å²) in [5, 5.41) is 2.68. The minimum absolute atomic E-state index is 0.0455. The van der Waals surface area contributed by atoms with Gasteiger partial charge in [-0.3, -0.25) is 14.6 Å². The molecule has 1 N–H and O–H groups in total. The predicted octanol–water partition coefficient (Wildman–Crippen LogP) is 1.38. The Balaban J connectivity index is 2.36. The van der Waals surface area contributed by atoms with Crippen molar-refractivity contribution >= 4 is 24.0 Å². The summed E-state index contributed by atoms with van der Waals surface area (Å²) in [5.41, 5.74) is -0.480. The molecule has 26 heavy (non-hydrogen) atoms. The number of carbonyl (C=O) groups is 3. The first-order valence-electron chi connectivity index (χ1n) is 8.45. The van der Waals surface area contributed by atoms with Gasteiger partial charge in [-0.05, 0) is 25.8 Å². The van der Waals surface area contributed by atoms with E-state index in [1.54, 1.807) is 6.92 Å². The van der Waals surface area contributed by atoms with Crippen LogP contribution in [0.1, 0.15) is 54.1 Å². The summed E-state index contributed by atoms with van der Waals surface area (Å²) in [6.07, 6.45) is 1.90. The van der Waals surface area contributed by atoms with Gasteiger partial charge in [-0.1, -0.05) is 13.8 Å². The summed E-state index contributed by atoms with van der Waals surface area (Å²) in [6.45, 7) is 8.18. The van der Waals surface area contributed by atoms with Crippen molar-refractivity contribution in [2.24, 2.45) is 10.9 Å².